The Morgan fingerprint density at radius 2 is 0.958 bits per heavy atom. The highest BCUT2D eigenvalue weighted by Gasteiger charge is 2.17. The fraction of sp³-hybridized carbons (Fsp3) is 0.182. The summed E-state index contributed by atoms with van der Waals surface area (Å²) in [6.45, 7) is 6.44. The van der Waals surface area contributed by atoms with Gasteiger partial charge in [0.25, 0.3) is 0 Å². The van der Waals surface area contributed by atoms with Gasteiger partial charge >= 0.3 is 0 Å². The van der Waals surface area contributed by atoms with E-state index in [2.05, 4.69) is 83.6 Å². The zero-order valence-corrected chi connectivity index (χ0v) is 14.1. The molecule has 0 radical (unpaired) electrons. The van der Waals surface area contributed by atoms with Crippen LogP contribution in [-0.2, 0) is 13.1 Å². The average molecular weight is 312 g/mol. The molecular weight excluding hydrogens is 292 g/mol. The van der Waals surface area contributed by atoms with Crippen LogP contribution >= 0.6 is 0 Å². The van der Waals surface area contributed by atoms with Crippen LogP contribution in [0.25, 0.3) is 43.6 Å². The number of benzene rings is 3. The zero-order valence-electron chi connectivity index (χ0n) is 14.1. The van der Waals surface area contributed by atoms with E-state index in [1.54, 1.807) is 0 Å². The van der Waals surface area contributed by atoms with Crippen LogP contribution in [-0.4, -0.2) is 9.13 Å². The SMILES string of the molecule is CCn1c2ccccc2c2ccc3c4ccccc4n(CC)c3c21. The number of hydrogen-bond donors (Lipinski definition) is 0. The first-order valence-corrected chi connectivity index (χ1v) is 8.76. The van der Waals surface area contributed by atoms with E-state index in [1.165, 1.54) is 43.6 Å². The van der Waals surface area contributed by atoms with E-state index in [-0.39, 0.29) is 0 Å². The van der Waals surface area contributed by atoms with Gasteiger partial charge in [-0.1, -0.05) is 48.5 Å². The maximum absolute atomic E-state index is 2.47. The zero-order chi connectivity index (χ0) is 16.3. The molecule has 5 aromatic rings. The Balaban J connectivity index is 2.15. The van der Waals surface area contributed by atoms with Crippen molar-refractivity contribution in [3.05, 3.63) is 60.7 Å². The summed E-state index contributed by atoms with van der Waals surface area (Å²) in [6.07, 6.45) is 0. The lowest BCUT2D eigenvalue weighted by Crippen LogP contribution is -1.98. The molecule has 3 aromatic carbocycles. The van der Waals surface area contributed by atoms with Crippen molar-refractivity contribution in [1.29, 1.82) is 0 Å². The topological polar surface area (TPSA) is 9.86 Å². The minimum Gasteiger partial charge on any atom is -0.339 e. The maximum Gasteiger partial charge on any atom is 0.0739 e. The van der Waals surface area contributed by atoms with Crippen molar-refractivity contribution in [1.82, 2.24) is 9.13 Å². The van der Waals surface area contributed by atoms with Crippen LogP contribution in [0.3, 0.4) is 0 Å². The molecule has 118 valence electrons. The second kappa shape index (κ2) is 4.88. The Kier molecular flexibility index (Phi) is 2.78. The number of para-hydroxylation sites is 2. The highest BCUT2D eigenvalue weighted by Crippen LogP contribution is 2.38. The van der Waals surface area contributed by atoms with Gasteiger partial charge in [-0.15, -0.1) is 0 Å². The summed E-state index contributed by atoms with van der Waals surface area (Å²) < 4.78 is 4.94. The molecule has 5 rings (SSSR count). The van der Waals surface area contributed by atoms with E-state index in [1.807, 2.05) is 0 Å². The van der Waals surface area contributed by atoms with E-state index in [4.69, 9.17) is 0 Å². The van der Waals surface area contributed by atoms with Crippen LogP contribution < -0.4 is 0 Å². The van der Waals surface area contributed by atoms with Crippen LogP contribution in [0.4, 0.5) is 0 Å². The van der Waals surface area contributed by atoms with Gasteiger partial charge in [0.15, 0.2) is 0 Å². The third-order valence-electron chi connectivity index (χ3n) is 5.29. The number of hydrogen-bond acceptors (Lipinski definition) is 0. The summed E-state index contributed by atoms with van der Waals surface area (Å²) >= 11 is 0. The van der Waals surface area contributed by atoms with E-state index in [9.17, 15) is 0 Å². The van der Waals surface area contributed by atoms with Crippen molar-refractivity contribution in [3.8, 4) is 0 Å². The molecule has 0 bridgehead atoms. The molecule has 24 heavy (non-hydrogen) atoms. The summed E-state index contributed by atoms with van der Waals surface area (Å²) in [5, 5.41) is 5.42. The van der Waals surface area contributed by atoms with Gasteiger partial charge in [0.05, 0.1) is 11.0 Å². The van der Waals surface area contributed by atoms with Crippen LogP contribution in [0.15, 0.2) is 60.7 Å². The van der Waals surface area contributed by atoms with Crippen molar-refractivity contribution in [2.24, 2.45) is 0 Å². The third-order valence-corrected chi connectivity index (χ3v) is 5.29. The number of aryl methyl sites for hydroxylation is 2. The molecule has 0 spiro atoms. The third kappa shape index (κ3) is 1.56. The van der Waals surface area contributed by atoms with E-state index in [0.717, 1.165) is 13.1 Å². The van der Waals surface area contributed by atoms with Gasteiger partial charge in [0.2, 0.25) is 0 Å². The van der Waals surface area contributed by atoms with Crippen LogP contribution in [0, 0.1) is 0 Å². The van der Waals surface area contributed by atoms with Gasteiger partial charge in [-0.3, -0.25) is 0 Å². The number of aromatic nitrogens is 2. The fourth-order valence-electron chi connectivity index (χ4n) is 4.33. The smallest absolute Gasteiger partial charge is 0.0739 e. The first-order valence-electron chi connectivity index (χ1n) is 8.76. The standard InChI is InChI=1S/C22H20N2/c1-3-23-19-11-7-5-9-15(19)17-13-14-18-16-10-6-8-12-20(16)24(4-2)22(18)21(17)23/h5-14H,3-4H2,1-2H3. The van der Waals surface area contributed by atoms with Gasteiger partial charge in [0, 0.05) is 45.7 Å². The van der Waals surface area contributed by atoms with Gasteiger partial charge < -0.3 is 9.13 Å². The second-order valence-electron chi connectivity index (χ2n) is 6.38. The van der Waals surface area contributed by atoms with Crippen molar-refractivity contribution in [2.45, 2.75) is 26.9 Å². The summed E-state index contributed by atoms with van der Waals surface area (Å²) in [6, 6.07) is 22.1. The molecule has 0 atom stereocenters. The minimum atomic E-state index is 0.981. The monoisotopic (exact) mass is 312 g/mol. The summed E-state index contributed by atoms with van der Waals surface area (Å²) in [5.74, 6) is 0. The molecule has 0 aliphatic rings. The van der Waals surface area contributed by atoms with Crippen molar-refractivity contribution < 1.29 is 0 Å². The molecule has 2 heteroatoms. The number of nitrogens with zero attached hydrogens (tertiary/aromatic N) is 2. The number of fused-ring (bicyclic) bond motifs is 7. The quantitative estimate of drug-likeness (QED) is 0.381. The molecule has 0 unspecified atom stereocenters. The highest BCUT2D eigenvalue weighted by atomic mass is 15.0. The molecule has 0 amide bonds. The normalized spacial score (nSPS) is 12.1. The Hall–Kier alpha value is -2.74. The van der Waals surface area contributed by atoms with Crippen molar-refractivity contribution in [3.63, 3.8) is 0 Å². The lowest BCUT2D eigenvalue weighted by Gasteiger charge is -2.08. The van der Waals surface area contributed by atoms with E-state index < -0.39 is 0 Å². The van der Waals surface area contributed by atoms with Crippen molar-refractivity contribution >= 4 is 43.6 Å². The maximum atomic E-state index is 2.47. The second-order valence-corrected chi connectivity index (χ2v) is 6.38. The fourth-order valence-corrected chi connectivity index (χ4v) is 4.33. The number of rotatable bonds is 2. The largest absolute Gasteiger partial charge is 0.339 e. The lowest BCUT2D eigenvalue weighted by atomic mass is 10.1. The Morgan fingerprint density at radius 3 is 1.38 bits per heavy atom. The predicted molar refractivity (Wildman–Crippen MR) is 104 cm³/mol. The minimum absolute atomic E-state index is 0.981. The highest BCUT2D eigenvalue weighted by molar-refractivity contribution is 6.22. The van der Waals surface area contributed by atoms with Gasteiger partial charge in [-0.2, -0.15) is 0 Å². The molecule has 0 saturated heterocycles. The summed E-state index contributed by atoms with van der Waals surface area (Å²) in [7, 11) is 0. The molecule has 0 saturated carbocycles. The van der Waals surface area contributed by atoms with Gasteiger partial charge in [-0.05, 0) is 26.0 Å². The molecular formula is C22H20N2. The molecule has 2 nitrogen and oxygen atoms in total. The first kappa shape index (κ1) is 13.7. The summed E-state index contributed by atoms with van der Waals surface area (Å²) in [4.78, 5) is 0. The van der Waals surface area contributed by atoms with Crippen LogP contribution in [0.1, 0.15) is 13.8 Å². The molecule has 2 aromatic heterocycles. The first-order chi connectivity index (χ1) is 11.8. The van der Waals surface area contributed by atoms with Crippen LogP contribution in [0.2, 0.25) is 0 Å². The molecule has 0 fully saturated rings. The van der Waals surface area contributed by atoms with Gasteiger partial charge in [-0.25, -0.2) is 0 Å². The molecule has 0 aliphatic heterocycles. The predicted octanol–water partition coefficient (Wildman–Crippen LogP) is 5.94. The van der Waals surface area contributed by atoms with Gasteiger partial charge in [0.1, 0.15) is 0 Å². The van der Waals surface area contributed by atoms with Crippen LogP contribution in [0.5, 0.6) is 0 Å². The Bertz CT molecular complexity index is 1120. The van der Waals surface area contributed by atoms with Crippen molar-refractivity contribution in [2.75, 3.05) is 0 Å². The lowest BCUT2D eigenvalue weighted by molar-refractivity contribution is 0.808. The summed E-state index contributed by atoms with van der Waals surface area (Å²) in [5.41, 5.74) is 5.40. The Labute approximate surface area is 140 Å². The van der Waals surface area contributed by atoms with E-state index >= 15 is 0 Å². The Morgan fingerprint density at radius 1 is 0.542 bits per heavy atom. The molecule has 0 N–H and O–H groups in total. The molecule has 0 aliphatic carbocycles. The average Bonchev–Trinajstić information content (AvgIpc) is 3.14. The van der Waals surface area contributed by atoms with E-state index in [0.29, 0.717) is 0 Å². The molecule has 2 heterocycles.